The van der Waals surface area contributed by atoms with Crippen molar-refractivity contribution in [2.24, 2.45) is 0 Å². The summed E-state index contributed by atoms with van der Waals surface area (Å²) < 4.78 is 0. The topological polar surface area (TPSA) is 19.4 Å². The Morgan fingerprint density at radius 1 is 0.112 bits per heavy atom. The highest BCUT2D eigenvalue weighted by Crippen LogP contribution is 2.38. The van der Waals surface area contributed by atoms with Gasteiger partial charge in [0, 0.05) is 132 Å². The summed E-state index contributed by atoms with van der Waals surface area (Å²) in [5.74, 6) is 0. The highest BCUT2D eigenvalue weighted by molar-refractivity contribution is 6.03. The number of benzene rings is 20. The number of para-hydroxylation sites is 4. The Kier molecular flexibility index (Phi) is 24.5. The number of hydrogen-bond donors (Lipinski definition) is 0. The van der Waals surface area contributed by atoms with Crippen LogP contribution in [0.4, 0.5) is 68.2 Å². The lowest BCUT2D eigenvalue weighted by molar-refractivity contribution is 1.21. The first-order valence-corrected chi connectivity index (χ1v) is 39.6. The molecule has 0 radical (unpaired) electrons. The summed E-state index contributed by atoms with van der Waals surface area (Å²) in [6.07, 6.45) is 0. The molecule has 6 nitrogen and oxygen atoms in total. The average molecular weight is 1500 g/mol. The molecular weight excluding hydrogens is 1410 g/mol. The fourth-order valence-electron chi connectivity index (χ4n) is 15.0. The smallest absolute Gasteiger partial charge is 0.0487 e. The van der Waals surface area contributed by atoms with Crippen LogP contribution in [-0.2, 0) is 0 Å². The molecular formula is C110H94N6. The Labute approximate surface area is 682 Å². The Hall–Kier alpha value is -14.7. The van der Waals surface area contributed by atoms with Crippen LogP contribution in [0.5, 0.6) is 0 Å². The quantitative estimate of drug-likeness (QED) is 0.121. The van der Waals surface area contributed by atoms with Crippen LogP contribution in [-0.4, -0.2) is 42.3 Å². The van der Waals surface area contributed by atoms with Gasteiger partial charge in [-0.05, 0) is 186 Å². The summed E-state index contributed by atoms with van der Waals surface area (Å²) in [5, 5.41) is 20.4. The van der Waals surface area contributed by atoms with E-state index in [0.29, 0.717) is 0 Å². The number of rotatable bonds is 12. The van der Waals surface area contributed by atoms with E-state index in [2.05, 4.69) is 508 Å². The molecule has 0 heterocycles. The molecule has 0 aliphatic rings. The minimum Gasteiger partial charge on any atom is -0.345 e. The van der Waals surface area contributed by atoms with Crippen LogP contribution in [0.2, 0.25) is 0 Å². The molecule has 564 valence electrons. The molecule has 0 bridgehead atoms. The normalized spacial score (nSPS) is 10.7. The first-order valence-electron chi connectivity index (χ1n) is 39.6. The molecule has 0 unspecified atom stereocenters. The fraction of sp³-hybridized carbons (Fsp3) is 0.0545. The standard InChI is InChI=1S/3C21H17N.2C17H15N.C13H13N/c1-22(20-14-6-10-16-8-2-4-12-18(16)20)21-15-7-11-17-9-3-5-13-19(17)21;1-22(20-12-10-16-6-2-4-8-18(16)14-20)21-13-11-17-7-3-5-9-19(17)15-21;1-22(19-14-13-16-7-2-3-9-18(16)15-19)21-12-6-10-17-8-4-5-11-20(17)21;1-18(15-10-3-2-4-11-15)17-13-7-9-14-8-5-6-12-16(14)17;1-18(16-9-3-2-4-10-16)17-12-11-14-7-5-6-8-15(14)13-17;1-14(12-8-4-2-5-9-12)13-10-6-3-7-11-13/h3*2-15H,1H3;2*2-13H,1H3;2-11H,1H3. The average Bonchev–Trinajstić information content (AvgIpc) is 0.797. The zero-order valence-corrected chi connectivity index (χ0v) is 66.6. The molecule has 0 spiro atoms. The second-order valence-electron chi connectivity index (χ2n) is 28.8. The number of hydrogen-bond acceptors (Lipinski definition) is 6. The highest BCUT2D eigenvalue weighted by atomic mass is 15.1. The summed E-state index contributed by atoms with van der Waals surface area (Å²) in [7, 11) is 12.7. The van der Waals surface area contributed by atoms with E-state index in [9.17, 15) is 0 Å². The van der Waals surface area contributed by atoms with Crippen LogP contribution in [0, 0.1) is 0 Å². The van der Waals surface area contributed by atoms with Gasteiger partial charge in [-0.1, -0.05) is 340 Å². The Bertz CT molecular complexity index is 6370. The van der Waals surface area contributed by atoms with Crippen LogP contribution >= 0.6 is 0 Å². The molecule has 0 saturated carbocycles. The van der Waals surface area contributed by atoms with Gasteiger partial charge in [0.05, 0.1) is 0 Å². The van der Waals surface area contributed by atoms with E-state index in [0.717, 1.165) is 0 Å². The molecule has 0 aliphatic carbocycles. The molecule has 0 saturated heterocycles. The van der Waals surface area contributed by atoms with E-state index in [-0.39, 0.29) is 0 Å². The summed E-state index contributed by atoms with van der Waals surface area (Å²) in [4.78, 5) is 13.4. The molecule has 0 atom stereocenters. The Morgan fingerprint density at radius 3 is 0.552 bits per heavy atom. The minimum atomic E-state index is 1.20. The van der Waals surface area contributed by atoms with E-state index < -0.39 is 0 Å². The van der Waals surface area contributed by atoms with E-state index in [1.165, 1.54) is 154 Å². The van der Waals surface area contributed by atoms with Crippen LogP contribution in [0.15, 0.2) is 461 Å². The largest absolute Gasteiger partial charge is 0.345 e. The molecule has 6 heteroatoms. The van der Waals surface area contributed by atoms with E-state index in [1.807, 2.05) is 24.3 Å². The van der Waals surface area contributed by atoms with Gasteiger partial charge in [0.2, 0.25) is 0 Å². The molecule has 0 aromatic heterocycles. The molecule has 20 aromatic rings. The van der Waals surface area contributed by atoms with Gasteiger partial charge < -0.3 is 29.4 Å². The van der Waals surface area contributed by atoms with Crippen LogP contribution in [0.25, 0.3) is 86.2 Å². The van der Waals surface area contributed by atoms with Crippen LogP contribution in [0.3, 0.4) is 0 Å². The van der Waals surface area contributed by atoms with Gasteiger partial charge in [-0.15, -0.1) is 0 Å². The predicted molar refractivity (Wildman–Crippen MR) is 506 cm³/mol. The number of anilines is 12. The van der Waals surface area contributed by atoms with Crippen molar-refractivity contribution < 1.29 is 0 Å². The van der Waals surface area contributed by atoms with Crippen molar-refractivity contribution >= 4 is 154 Å². The van der Waals surface area contributed by atoms with Crippen LogP contribution in [0.1, 0.15) is 0 Å². The van der Waals surface area contributed by atoms with Crippen LogP contribution < -0.4 is 29.4 Å². The molecule has 0 aliphatic heterocycles. The molecule has 116 heavy (non-hydrogen) atoms. The van der Waals surface area contributed by atoms with Crippen molar-refractivity contribution in [3.63, 3.8) is 0 Å². The molecule has 0 fully saturated rings. The van der Waals surface area contributed by atoms with Gasteiger partial charge in [-0.2, -0.15) is 0 Å². The van der Waals surface area contributed by atoms with Gasteiger partial charge in [0.25, 0.3) is 0 Å². The number of nitrogens with zero attached hydrogens (tertiary/aromatic N) is 6. The third kappa shape index (κ3) is 18.2. The molecule has 0 N–H and O–H groups in total. The van der Waals surface area contributed by atoms with Crippen molar-refractivity contribution in [3.05, 3.63) is 461 Å². The zero-order valence-electron chi connectivity index (χ0n) is 66.6. The van der Waals surface area contributed by atoms with Gasteiger partial charge >= 0.3 is 0 Å². The third-order valence-electron chi connectivity index (χ3n) is 21.6. The fourth-order valence-corrected chi connectivity index (χ4v) is 15.0. The maximum atomic E-state index is 2.28. The predicted octanol–water partition coefficient (Wildman–Crippen LogP) is 30.0. The lowest BCUT2D eigenvalue weighted by Gasteiger charge is -2.23. The number of fused-ring (bicyclic) bond motifs is 8. The summed E-state index contributed by atoms with van der Waals surface area (Å²) in [6.45, 7) is 0. The summed E-state index contributed by atoms with van der Waals surface area (Å²) in [5.41, 5.74) is 14.6. The highest BCUT2D eigenvalue weighted by Gasteiger charge is 2.14. The monoisotopic (exact) mass is 1500 g/mol. The summed E-state index contributed by atoms with van der Waals surface area (Å²) in [6, 6.07) is 162. The van der Waals surface area contributed by atoms with E-state index in [4.69, 9.17) is 0 Å². The van der Waals surface area contributed by atoms with Crippen molar-refractivity contribution in [2.45, 2.75) is 0 Å². The van der Waals surface area contributed by atoms with Gasteiger partial charge in [-0.25, -0.2) is 0 Å². The SMILES string of the molecule is CN(c1ccc2ccccc2c1)c1ccc2ccccc2c1.CN(c1ccc2ccccc2c1)c1cccc2ccccc12.CN(c1cccc2ccccc12)c1cccc2ccccc12.CN(c1ccccc1)c1ccc2ccccc2c1.CN(c1ccccc1)c1cccc2ccccc12.CN(c1ccccc1)c1ccccc1. The first-order chi connectivity index (χ1) is 57.1. The van der Waals surface area contributed by atoms with Gasteiger partial charge in [0.15, 0.2) is 0 Å². The minimum absolute atomic E-state index is 1.20. The Morgan fingerprint density at radius 2 is 0.284 bits per heavy atom. The second kappa shape index (κ2) is 37.1. The molecule has 0 amide bonds. The molecule has 20 aromatic carbocycles. The van der Waals surface area contributed by atoms with Crippen molar-refractivity contribution in [3.8, 4) is 0 Å². The third-order valence-corrected chi connectivity index (χ3v) is 21.6. The molecule has 20 rings (SSSR count). The maximum Gasteiger partial charge on any atom is 0.0487 e. The van der Waals surface area contributed by atoms with Gasteiger partial charge in [0.1, 0.15) is 0 Å². The maximum absolute atomic E-state index is 2.28. The second-order valence-corrected chi connectivity index (χ2v) is 28.8. The first kappa shape index (κ1) is 76.6. The van der Waals surface area contributed by atoms with Crippen molar-refractivity contribution in [2.75, 3.05) is 71.7 Å². The zero-order chi connectivity index (χ0) is 79.4. The van der Waals surface area contributed by atoms with Gasteiger partial charge in [-0.3, -0.25) is 0 Å². The van der Waals surface area contributed by atoms with E-state index in [1.54, 1.807) is 0 Å². The Balaban J connectivity index is 0.000000110. The lowest BCUT2D eigenvalue weighted by atomic mass is 10.1. The van der Waals surface area contributed by atoms with Crippen molar-refractivity contribution in [1.82, 2.24) is 0 Å². The summed E-state index contributed by atoms with van der Waals surface area (Å²) >= 11 is 0. The van der Waals surface area contributed by atoms with E-state index >= 15 is 0 Å². The van der Waals surface area contributed by atoms with Crippen molar-refractivity contribution in [1.29, 1.82) is 0 Å². The lowest BCUT2D eigenvalue weighted by Crippen LogP contribution is -2.10.